The molecule has 0 amide bonds. The first-order valence-corrected chi connectivity index (χ1v) is 6.60. The second-order valence-corrected chi connectivity index (χ2v) is 5.05. The summed E-state index contributed by atoms with van der Waals surface area (Å²) in [7, 11) is 0. The van der Waals surface area contributed by atoms with Crippen LogP contribution in [0.4, 0.5) is 13.2 Å². The van der Waals surface area contributed by atoms with Crippen molar-refractivity contribution in [1.29, 1.82) is 0 Å². The third-order valence-electron chi connectivity index (χ3n) is 3.87. The number of piperidine rings is 1. The van der Waals surface area contributed by atoms with E-state index in [-0.39, 0.29) is 5.92 Å². The van der Waals surface area contributed by atoms with Crippen molar-refractivity contribution >= 4 is 0 Å². The topological polar surface area (TPSA) is 38.0 Å². The van der Waals surface area contributed by atoms with E-state index < -0.39 is 11.7 Å². The third kappa shape index (κ3) is 3.48. The lowest BCUT2D eigenvalue weighted by Crippen LogP contribution is -2.33. The lowest BCUT2D eigenvalue weighted by molar-refractivity contribution is -0.137. The van der Waals surface area contributed by atoms with Gasteiger partial charge >= 0.3 is 6.18 Å². The average Bonchev–Trinajstić information content (AvgIpc) is 2.40. The first kappa shape index (κ1) is 14.3. The Morgan fingerprint density at radius 2 is 1.74 bits per heavy atom. The first-order chi connectivity index (χ1) is 9.02. The highest BCUT2D eigenvalue weighted by molar-refractivity contribution is 5.28. The van der Waals surface area contributed by atoms with E-state index in [1.54, 1.807) is 12.1 Å². The van der Waals surface area contributed by atoms with E-state index >= 15 is 0 Å². The normalized spacial score (nSPS) is 19.4. The number of rotatable bonds is 3. The van der Waals surface area contributed by atoms with Crippen molar-refractivity contribution in [2.24, 2.45) is 11.7 Å². The van der Waals surface area contributed by atoms with Gasteiger partial charge in [-0.2, -0.15) is 13.2 Å². The number of nitrogens with two attached hydrogens (primary N) is 1. The molecule has 1 aliphatic rings. The summed E-state index contributed by atoms with van der Waals surface area (Å²) in [4.78, 5) is 0. The largest absolute Gasteiger partial charge is 0.416 e. The van der Waals surface area contributed by atoms with Gasteiger partial charge in [0.05, 0.1) is 5.56 Å². The van der Waals surface area contributed by atoms with Crippen molar-refractivity contribution in [3.8, 4) is 0 Å². The SMILES string of the molecule is NC[C@@H](c1ccc(C(F)(F)F)cc1)C1CCNCC1. The highest BCUT2D eigenvalue weighted by Gasteiger charge is 2.31. The van der Waals surface area contributed by atoms with E-state index in [0.29, 0.717) is 12.5 Å². The van der Waals surface area contributed by atoms with E-state index in [0.717, 1.165) is 43.6 Å². The van der Waals surface area contributed by atoms with E-state index in [2.05, 4.69) is 5.32 Å². The predicted octanol–water partition coefficient (Wildman–Crippen LogP) is 2.75. The zero-order valence-corrected chi connectivity index (χ0v) is 10.7. The van der Waals surface area contributed by atoms with E-state index in [9.17, 15) is 13.2 Å². The van der Waals surface area contributed by atoms with Gasteiger partial charge in [-0.3, -0.25) is 0 Å². The molecule has 0 spiro atoms. The van der Waals surface area contributed by atoms with Crippen LogP contribution < -0.4 is 11.1 Å². The number of hydrogen-bond acceptors (Lipinski definition) is 2. The van der Waals surface area contributed by atoms with E-state index in [1.807, 2.05) is 0 Å². The Bertz CT molecular complexity index is 394. The average molecular weight is 272 g/mol. The number of benzene rings is 1. The Labute approximate surface area is 111 Å². The molecule has 0 bridgehead atoms. The van der Waals surface area contributed by atoms with Crippen molar-refractivity contribution in [2.45, 2.75) is 24.9 Å². The molecule has 106 valence electrons. The maximum atomic E-state index is 12.5. The minimum absolute atomic E-state index is 0.157. The Balaban J connectivity index is 2.14. The molecule has 0 unspecified atom stereocenters. The monoisotopic (exact) mass is 272 g/mol. The maximum Gasteiger partial charge on any atom is 0.416 e. The zero-order valence-electron chi connectivity index (χ0n) is 10.7. The van der Waals surface area contributed by atoms with Gasteiger partial charge in [0.25, 0.3) is 0 Å². The number of halogens is 3. The van der Waals surface area contributed by atoms with Crippen LogP contribution in [0.5, 0.6) is 0 Å². The molecule has 1 aromatic rings. The molecule has 1 aromatic carbocycles. The number of alkyl halides is 3. The summed E-state index contributed by atoms with van der Waals surface area (Å²) < 4.78 is 37.6. The standard InChI is InChI=1S/C14H19F3N2/c15-14(16,17)12-3-1-10(2-4-12)13(9-18)11-5-7-19-8-6-11/h1-4,11,13,19H,5-9,18H2/t13-/m0/s1. The molecular formula is C14H19F3N2. The highest BCUT2D eigenvalue weighted by atomic mass is 19.4. The summed E-state index contributed by atoms with van der Waals surface area (Å²) >= 11 is 0. The van der Waals surface area contributed by atoms with E-state index in [4.69, 9.17) is 5.73 Å². The Hall–Kier alpha value is -1.07. The van der Waals surface area contributed by atoms with Crippen LogP contribution in [0.2, 0.25) is 0 Å². The Morgan fingerprint density at radius 3 is 2.21 bits per heavy atom. The Morgan fingerprint density at radius 1 is 1.16 bits per heavy atom. The molecule has 1 heterocycles. The summed E-state index contributed by atoms with van der Waals surface area (Å²) in [5, 5.41) is 3.28. The molecule has 19 heavy (non-hydrogen) atoms. The highest BCUT2D eigenvalue weighted by Crippen LogP contribution is 2.33. The van der Waals surface area contributed by atoms with E-state index in [1.165, 1.54) is 0 Å². The summed E-state index contributed by atoms with van der Waals surface area (Å²) in [5.74, 6) is 0.618. The van der Waals surface area contributed by atoms with Gasteiger partial charge in [-0.1, -0.05) is 12.1 Å². The minimum atomic E-state index is -4.27. The summed E-state index contributed by atoms with van der Waals surface area (Å²) in [6.45, 7) is 2.40. The zero-order chi connectivity index (χ0) is 13.9. The molecule has 2 rings (SSSR count). The van der Waals surface area contributed by atoms with Gasteiger partial charge in [0.1, 0.15) is 0 Å². The molecule has 1 aliphatic heterocycles. The quantitative estimate of drug-likeness (QED) is 0.888. The van der Waals surface area contributed by atoms with Crippen LogP contribution in [0.1, 0.15) is 29.9 Å². The lowest BCUT2D eigenvalue weighted by atomic mass is 9.80. The molecule has 3 N–H and O–H groups in total. The van der Waals surface area contributed by atoms with Crippen LogP contribution in [0.3, 0.4) is 0 Å². The van der Waals surface area contributed by atoms with Crippen LogP contribution in [0.25, 0.3) is 0 Å². The summed E-state index contributed by atoms with van der Waals surface area (Å²) in [6.07, 6.45) is -2.21. The van der Waals surface area contributed by atoms with Crippen molar-refractivity contribution in [2.75, 3.05) is 19.6 Å². The second-order valence-electron chi connectivity index (χ2n) is 5.05. The van der Waals surface area contributed by atoms with Crippen LogP contribution in [0, 0.1) is 5.92 Å². The fraction of sp³-hybridized carbons (Fsp3) is 0.571. The number of hydrogen-bond donors (Lipinski definition) is 2. The number of nitrogens with one attached hydrogen (secondary N) is 1. The van der Waals surface area contributed by atoms with Gasteiger partial charge in [-0.25, -0.2) is 0 Å². The fourth-order valence-corrected chi connectivity index (χ4v) is 2.77. The van der Waals surface area contributed by atoms with Crippen LogP contribution in [-0.2, 0) is 6.18 Å². The van der Waals surface area contributed by atoms with Crippen molar-refractivity contribution in [3.63, 3.8) is 0 Å². The lowest BCUT2D eigenvalue weighted by Gasteiger charge is -2.30. The molecule has 1 atom stereocenters. The van der Waals surface area contributed by atoms with Gasteiger partial charge in [0, 0.05) is 0 Å². The van der Waals surface area contributed by atoms with Crippen LogP contribution >= 0.6 is 0 Å². The molecule has 2 nitrogen and oxygen atoms in total. The van der Waals surface area contributed by atoms with Crippen LogP contribution in [0.15, 0.2) is 24.3 Å². The summed E-state index contributed by atoms with van der Waals surface area (Å²) in [6, 6.07) is 5.45. The van der Waals surface area contributed by atoms with Gasteiger partial charge in [0.15, 0.2) is 0 Å². The smallest absolute Gasteiger partial charge is 0.330 e. The van der Waals surface area contributed by atoms with Crippen molar-refractivity contribution in [3.05, 3.63) is 35.4 Å². The fourth-order valence-electron chi connectivity index (χ4n) is 2.77. The molecule has 0 saturated carbocycles. The molecule has 1 fully saturated rings. The minimum Gasteiger partial charge on any atom is -0.330 e. The predicted molar refractivity (Wildman–Crippen MR) is 68.8 cm³/mol. The second kappa shape index (κ2) is 5.92. The van der Waals surface area contributed by atoms with Gasteiger partial charge < -0.3 is 11.1 Å². The molecule has 0 aromatic heterocycles. The molecule has 1 saturated heterocycles. The maximum absolute atomic E-state index is 12.5. The molecular weight excluding hydrogens is 253 g/mol. The molecule has 0 radical (unpaired) electrons. The molecule has 0 aliphatic carbocycles. The van der Waals surface area contributed by atoms with Gasteiger partial charge in [0.2, 0.25) is 0 Å². The Kier molecular flexibility index (Phi) is 4.47. The van der Waals surface area contributed by atoms with Crippen molar-refractivity contribution < 1.29 is 13.2 Å². The van der Waals surface area contributed by atoms with Gasteiger partial charge in [-0.15, -0.1) is 0 Å². The first-order valence-electron chi connectivity index (χ1n) is 6.60. The molecule has 5 heteroatoms. The van der Waals surface area contributed by atoms with Gasteiger partial charge in [-0.05, 0) is 62.0 Å². The third-order valence-corrected chi connectivity index (χ3v) is 3.87. The summed E-state index contributed by atoms with van der Waals surface area (Å²) in [5.41, 5.74) is 6.14. The van der Waals surface area contributed by atoms with Crippen molar-refractivity contribution in [1.82, 2.24) is 5.32 Å². The van der Waals surface area contributed by atoms with Crippen LogP contribution in [-0.4, -0.2) is 19.6 Å².